The summed E-state index contributed by atoms with van der Waals surface area (Å²) in [6, 6.07) is -0.739. The number of carboxylic acid groups (broad SMARTS) is 1. The number of carbonyl (C=O) groups is 3. The summed E-state index contributed by atoms with van der Waals surface area (Å²) in [5.74, 6) is -1.18. The highest BCUT2D eigenvalue weighted by molar-refractivity contribution is 5.85. The number of carbonyl (C=O) groups excluding carboxylic acids is 2. The summed E-state index contributed by atoms with van der Waals surface area (Å²) in [5, 5.41) is 11.0. The third kappa shape index (κ3) is 5.06. The maximum atomic E-state index is 11.7. The molecule has 0 unspecified atom stereocenters. The molecule has 0 spiro atoms. The van der Waals surface area contributed by atoms with Crippen LogP contribution in [0.2, 0.25) is 0 Å². The maximum absolute atomic E-state index is 11.7. The number of amides is 3. The summed E-state index contributed by atoms with van der Waals surface area (Å²) in [4.78, 5) is 37.6. The Kier molecular flexibility index (Phi) is 4.86. The molecule has 0 atom stereocenters. The van der Waals surface area contributed by atoms with Crippen molar-refractivity contribution in [1.82, 2.24) is 15.2 Å². The minimum absolute atomic E-state index is 0.0123. The van der Waals surface area contributed by atoms with Crippen molar-refractivity contribution in [3.05, 3.63) is 17.8 Å². The lowest BCUT2D eigenvalue weighted by molar-refractivity contribution is -0.137. The van der Waals surface area contributed by atoms with E-state index in [0.29, 0.717) is 5.76 Å². The van der Waals surface area contributed by atoms with Crippen molar-refractivity contribution in [2.45, 2.75) is 13.5 Å². The highest BCUT2D eigenvalue weighted by Gasteiger charge is 2.18. The Balaban J connectivity index is 2.55. The second-order valence-corrected chi connectivity index (χ2v) is 3.74. The first-order chi connectivity index (χ1) is 8.88. The zero-order valence-corrected chi connectivity index (χ0v) is 10.3. The van der Waals surface area contributed by atoms with Crippen LogP contribution in [-0.4, -0.2) is 46.0 Å². The fourth-order valence-electron chi connectivity index (χ4n) is 1.30. The molecular formula is C10H14N4O5. The zero-order valence-electron chi connectivity index (χ0n) is 10.3. The fourth-order valence-corrected chi connectivity index (χ4v) is 1.30. The molecule has 9 nitrogen and oxygen atoms in total. The van der Waals surface area contributed by atoms with E-state index in [1.54, 1.807) is 6.92 Å². The van der Waals surface area contributed by atoms with E-state index in [4.69, 9.17) is 15.3 Å². The van der Waals surface area contributed by atoms with E-state index in [1.807, 2.05) is 0 Å². The summed E-state index contributed by atoms with van der Waals surface area (Å²) in [5.41, 5.74) is 4.93. The number of aryl methyl sites for hydroxylation is 1. The fraction of sp³-hybridized carbons (Fsp3) is 0.400. The van der Waals surface area contributed by atoms with E-state index in [2.05, 4.69) is 10.3 Å². The van der Waals surface area contributed by atoms with Crippen molar-refractivity contribution >= 4 is 17.9 Å². The third-order valence-electron chi connectivity index (χ3n) is 2.02. The van der Waals surface area contributed by atoms with E-state index in [1.165, 1.54) is 6.20 Å². The summed E-state index contributed by atoms with van der Waals surface area (Å²) in [6.07, 6.45) is 1.49. The molecule has 0 fully saturated rings. The highest BCUT2D eigenvalue weighted by atomic mass is 16.4. The molecule has 0 aliphatic heterocycles. The Morgan fingerprint density at radius 3 is 2.63 bits per heavy atom. The van der Waals surface area contributed by atoms with Crippen LogP contribution in [-0.2, 0) is 16.1 Å². The molecule has 0 aromatic carbocycles. The number of primary amides is 1. The Morgan fingerprint density at radius 2 is 2.16 bits per heavy atom. The first-order valence-electron chi connectivity index (χ1n) is 5.32. The third-order valence-corrected chi connectivity index (χ3v) is 2.02. The van der Waals surface area contributed by atoms with Crippen LogP contribution < -0.4 is 11.1 Å². The average molecular weight is 270 g/mol. The van der Waals surface area contributed by atoms with Gasteiger partial charge in [-0.3, -0.25) is 9.59 Å². The molecule has 0 saturated carbocycles. The molecule has 1 aromatic rings. The van der Waals surface area contributed by atoms with Gasteiger partial charge in [0.1, 0.15) is 18.8 Å². The molecule has 0 aliphatic rings. The summed E-state index contributed by atoms with van der Waals surface area (Å²) < 4.78 is 5.12. The topological polar surface area (TPSA) is 139 Å². The van der Waals surface area contributed by atoms with Crippen LogP contribution in [0.1, 0.15) is 11.7 Å². The molecule has 1 aromatic heterocycles. The Hall–Kier alpha value is -2.58. The van der Waals surface area contributed by atoms with Gasteiger partial charge in [0.2, 0.25) is 11.8 Å². The quantitative estimate of drug-likeness (QED) is 0.610. The lowest BCUT2D eigenvalue weighted by atomic mass is 10.4. The molecule has 1 rings (SSSR count). The minimum Gasteiger partial charge on any atom is -0.480 e. The van der Waals surface area contributed by atoms with E-state index >= 15 is 0 Å². The van der Waals surface area contributed by atoms with Crippen LogP contribution in [0.15, 0.2) is 10.6 Å². The van der Waals surface area contributed by atoms with Gasteiger partial charge in [0.05, 0.1) is 12.7 Å². The van der Waals surface area contributed by atoms with E-state index < -0.39 is 31.0 Å². The van der Waals surface area contributed by atoms with Gasteiger partial charge in [-0.25, -0.2) is 9.78 Å². The largest absolute Gasteiger partial charge is 0.480 e. The zero-order chi connectivity index (χ0) is 14.4. The number of aliphatic carboxylic acids is 1. The molecule has 0 aliphatic carbocycles. The minimum atomic E-state index is -1.25. The van der Waals surface area contributed by atoms with Crippen molar-refractivity contribution < 1.29 is 23.9 Å². The van der Waals surface area contributed by atoms with Crippen LogP contribution in [0, 0.1) is 6.92 Å². The number of aromatic nitrogens is 1. The normalized spacial score (nSPS) is 9.95. The predicted molar refractivity (Wildman–Crippen MR) is 61.9 cm³/mol. The van der Waals surface area contributed by atoms with Crippen LogP contribution in [0.4, 0.5) is 4.79 Å². The van der Waals surface area contributed by atoms with Crippen molar-refractivity contribution in [3.63, 3.8) is 0 Å². The number of hydrogen-bond acceptors (Lipinski definition) is 5. The Morgan fingerprint density at radius 1 is 1.47 bits per heavy atom. The molecule has 3 amide bonds. The van der Waals surface area contributed by atoms with Crippen LogP contribution >= 0.6 is 0 Å². The van der Waals surface area contributed by atoms with Gasteiger partial charge in [-0.15, -0.1) is 0 Å². The van der Waals surface area contributed by atoms with Crippen LogP contribution in [0.3, 0.4) is 0 Å². The molecule has 9 heteroatoms. The Labute approximate surface area is 108 Å². The van der Waals surface area contributed by atoms with Crippen molar-refractivity contribution in [2.75, 3.05) is 13.1 Å². The molecule has 4 N–H and O–H groups in total. The molecule has 0 saturated heterocycles. The van der Waals surface area contributed by atoms with Crippen molar-refractivity contribution in [2.24, 2.45) is 5.73 Å². The highest BCUT2D eigenvalue weighted by Crippen LogP contribution is 2.01. The number of nitrogens with two attached hydrogens (primary N) is 1. The molecule has 19 heavy (non-hydrogen) atoms. The van der Waals surface area contributed by atoms with Gasteiger partial charge in [-0.05, 0) is 6.92 Å². The Bertz CT molecular complexity index is 468. The standard InChI is InChI=1S/C10H14N4O5/c1-6-2-12-8(19-6)3-13-10(18)14(4-7(11)15)5-9(16)17/h2H,3-5H2,1H3,(H2,11,15)(H,13,18)(H,16,17). The number of nitrogens with zero attached hydrogens (tertiary/aromatic N) is 2. The smallest absolute Gasteiger partial charge is 0.323 e. The van der Waals surface area contributed by atoms with Crippen molar-refractivity contribution in [1.29, 1.82) is 0 Å². The number of carboxylic acids is 1. The van der Waals surface area contributed by atoms with Gasteiger partial charge in [-0.1, -0.05) is 0 Å². The monoisotopic (exact) mass is 270 g/mol. The van der Waals surface area contributed by atoms with Crippen LogP contribution in [0.25, 0.3) is 0 Å². The first-order valence-corrected chi connectivity index (χ1v) is 5.32. The molecular weight excluding hydrogens is 256 g/mol. The van der Waals surface area contributed by atoms with Gasteiger partial charge < -0.3 is 25.5 Å². The summed E-state index contributed by atoms with van der Waals surface area (Å²) >= 11 is 0. The lowest BCUT2D eigenvalue weighted by Crippen LogP contribution is -2.46. The van der Waals surface area contributed by atoms with Gasteiger partial charge in [0, 0.05) is 0 Å². The average Bonchev–Trinajstić information content (AvgIpc) is 2.70. The van der Waals surface area contributed by atoms with Gasteiger partial charge in [0.25, 0.3) is 0 Å². The number of urea groups is 1. The summed E-state index contributed by atoms with van der Waals surface area (Å²) in [6.45, 7) is 0.575. The maximum Gasteiger partial charge on any atom is 0.323 e. The van der Waals surface area contributed by atoms with Gasteiger partial charge >= 0.3 is 12.0 Å². The van der Waals surface area contributed by atoms with Gasteiger partial charge in [0.15, 0.2) is 0 Å². The number of oxazole rings is 1. The lowest BCUT2D eigenvalue weighted by Gasteiger charge is -2.18. The van der Waals surface area contributed by atoms with E-state index in [-0.39, 0.29) is 12.4 Å². The molecule has 1 heterocycles. The number of rotatable bonds is 6. The molecule has 104 valence electrons. The molecule has 0 bridgehead atoms. The predicted octanol–water partition coefficient (Wildman–Crippen LogP) is -0.935. The molecule has 0 radical (unpaired) electrons. The number of hydrogen-bond donors (Lipinski definition) is 3. The second-order valence-electron chi connectivity index (χ2n) is 3.74. The summed E-state index contributed by atoms with van der Waals surface area (Å²) in [7, 11) is 0. The van der Waals surface area contributed by atoms with E-state index in [0.717, 1.165) is 4.90 Å². The van der Waals surface area contributed by atoms with Gasteiger partial charge in [-0.2, -0.15) is 0 Å². The first kappa shape index (κ1) is 14.5. The SMILES string of the molecule is Cc1cnc(CNC(=O)N(CC(N)=O)CC(=O)O)o1. The van der Waals surface area contributed by atoms with Crippen LogP contribution in [0.5, 0.6) is 0 Å². The number of nitrogens with one attached hydrogen (secondary N) is 1. The van der Waals surface area contributed by atoms with E-state index in [9.17, 15) is 14.4 Å². The van der Waals surface area contributed by atoms with Crippen molar-refractivity contribution in [3.8, 4) is 0 Å². The second kappa shape index (κ2) is 6.38.